The van der Waals surface area contributed by atoms with Crippen molar-refractivity contribution in [3.8, 4) is 67.5 Å². The Morgan fingerprint density at radius 3 is 1.30 bits per heavy atom. The van der Waals surface area contributed by atoms with Crippen LogP contribution >= 0.6 is 11.3 Å². The van der Waals surface area contributed by atoms with Gasteiger partial charge in [0.1, 0.15) is 22.3 Å². The van der Waals surface area contributed by atoms with E-state index in [1.807, 2.05) is 65.9 Å². The summed E-state index contributed by atoms with van der Waals surface area (Å²) in [6.45, 7) is 0. The molecule has 0 saturated heterocycles. The molecular weight excluding hydrogens is 791 g/mol. The van der Waals surface area contributed by atoms with Gasteiger partial charge in [-0.2, -0.15) is 0 Å². The Kier molecular flexibility index (Phi) is 8.01. The smallest absolute Gasteiger partial charge is 0.164 e. The molecule has 0 unspecified atom stereocenters. The number of rotatable bonds is 6. The van der Waals surface area contributed by atoms with Crippen LogP contribution in [0.3, 0.4) is 0 Å². The quantitative estimate of drug-likeness (QED) is 0.167. The maximum absolute atomic E-state index is 6.23. The van der Waals surface area contributed by atoms with Crippen molar-refractivity contribution in [2.24, 2.45) is 0 Å². The second kappa shape index (κ2) is 14.2. The van der Waals surface area contributed by atoms with Crippen molar-refractivity contribution in [3.05, 3.63) is 200 Å². The standard InChI is InChI=1S/C57H33N3O2S/c1-2-10-35(11-3-1)55-58-56(36-20-18-34(19-21-36)37-24-27-54-48(33-37)45-14-6-9-17-53(45)63-54)60-57(59-55)42-29-40(38-22-25-51-46(31-38)43-12-4-7-15-49(43)61-51)28-41(30-42)39-23-26-52-47(32-39)44-13-5-8-16-50(44)62-52/h1-33H. The van der Waals surface area contributed by atoms with Crippen LogP contribution in [0.1, 0.15) is 0 Å². The fraction of sp³-hybridized carbons (Fsp3) is 0. The van der Waals surface area contributed by atoms with E-state index in [9.17, 15) is 0 Å². The molecule has 13 aromatic rings. The van der Waals surface area contributed by atoms with E-state index in [0.29, 0.717) is 17.5 Å². The van der Waals surface area contributed by atoms with Crippen LogP contribution in [0.25, 0.3) is 132 Å². The molecule has 0 atom stereocenters. The number of para-hydroxylation sites is 2. The fourth-order valence-corrected chi connectivity index (χ4v) is 10.1. The van der Waals surface area contributed by atoms with Gasteiger partial charge in [-0.25, -0.2) is 15.0 Å². The van der Waals surface area contributed by atoms with Gasteiger partial charge in [-0.1, -0.05) is 127 Å². The summed E-state index contributed by atoms with van der Waals surface area (Å²) in [5.41, 5.74) is 12.7. The molecule has 0 amide bonds. The van der Waals surface area contributed by atoms with E-state index in [-0.39, 0.29) is 0 Å². The summed E-state index contributed by atoms with van der Waals surface area (Å²) < 4.78 is 15.1. The molecule has 9 aromatic carbocycles. The molecule has 0 saturated carbocycles. The molecule has 0 spiro atoms. The maximum Gasteiger partial charge on any atom is 0.164 e. The molecule has 0 fully saturated rings. The molecule has 0 aliphatic heterocycles. The van der Waals surface area contributed by atoms with E-state index in [1.54, 1.807) is 0 Å². The van der Waals surface area contributed by atoms with E-state index in [2.05, 4.69) is 146 Å². The van der Waals surface area contributed by atoms with E-state index >= 15 is 0 Å². The first-order valence-electron chi connectivity index (χ1n) is 21.0. The van der Waals surface area contributed by atoms with Crippen LogP contribution in [0.4, 0.5) is 0 Å². The highest BCUT2D eigenvalue weighted by Crippen LogP contribution is 2.40. The van der Waals surface area contributed by atoms with Gasteiger partial charge in [0.15, 0.2) is 17.5 Å². The van der Waals surface area contributed by atoms with Crippen molar-refractivity contribution >= 4 is 75.4 Å². The third-order valence-corrected chi connectivity index (χ3v) is 13.3. The largest absolute Gasteiger partial charge is 0.456 e. The Morgan fingerprint density at radius 1 is 0.254 bits per heavy atom. The second-order valence-electron chi connectivity index (χ2n) is 16.0. The lowest BCUT2D eigenvalue weighted by atomic mass is 9.94. The van der Waals surface area contributed by atoms with Gasteiger partial charge in [-0.05, 0) is 106 Å². The Hall–Kier alpha value is -8.19. The number of fused-ring (bicyclic) bond motifs is 9. The minimum atomic E-state index is 0.588. The number of hydrogen-bond donors (Lipinski definition) is 0. The summed E-state index contributed by atoms with van der Waals surface area (Å²) in [7, 11) is 0. The van der Waals surface area contributed by atoms with Crippen molar-refractivity contribution in [1.29, 1.82) is 0 Å². The fourth-order valence-electron chi connectivity index (χ4n) is 8.97. The van der Waals surface area contributed by atoms with E-state index in [0.717, 1.165) is 88.4 Å². The molecular formula is C57H33N3O2S. The average Bonchev–Trinajstić information content (AvgIpc) is 4.04. The first kappa shape index (κ1) is 35.6. The van der Waals surface area contributed by atoms with Crippen LogP contribution in [-0.4, -0.2) is 15.0 Å². The Morgan fingerprint density at radius 2 is 0.667 bits per heavy atom. The number of hydrogen-bond acceptors (Lipinski definition) is 6. The lowest BCUT2D eigenvalue weighted by Gasteiger charge is -2.13. The summed E-state index contributed by atoms with van der Waals surface area (Å²) in [5, 5.41) is 6.89. The number of nitrogens with zero attached hydrogens (tertiary/aromatic N) is 3. The molecule has 13 rings (SSSR count). The third-order valence-electron chi connectivity index (χ3n) is 12.1. The van der Waals surface area contributed by atoms with Gasteiger partial charge >= 0.3 is 0 Å². The summed E-state index contributed by atoms with van der Waals surface area (Å²) in [5.74, 6) is 1.80. The van der Waals surface area contributed by atoms with Crippen LogP contribution in [0, 0.1) is 0 Å². The van der Waals surface area contributed by atoms with Gasteiger partial charge in [0.05, 0.1) is 0 Å². The monoisotopic (exact) mass is 823 g/mol. The number of furan rings is 2. The SMILES string of the molecule is c1ccc(-c2nc(-c3ccc(-c4ccc5sc6ccccc6c5c4)cc3)nc(-c3cc(-c4ccc5oc6ccccc6c5c4)cc(-c4ccc5oc6ccccc6c5c4)c3)n2)cc1. The topological polar surface area (TPSA) is 65.0 Å². The summed E-state index contributed by atoms with van der Waals surface area (Å²) in [6, 6.07) is 70.0. The highest BCUT2D eigenvalue weighted by Gasteiger charge is 2.18. The number of benzene rings is 9. The molecule has 0 radical (unpaired) electrons. The van der Waals surface area contributed by atoms with Crippen molar-refractivity contribution in [2.75, 3.05) is 0 Å². The van der Waals surface area contributed by atoms with Crippen LogP contribution in [0.15, 0.2) is 209 Å². The van der Waals surface area contributed by atoms with E-state index < -0.39 is 0 Å². The molecule has 4 aromatic heterocycles. The van der Waals surface area contributed by atoms with E-state index in [4.69, 9.17) is 23.8 Å². The zero-order chi connectivity index (χ0) is 41.4. The molecule has 0 aliphatic rings. The molecule has 0 aliphatic carbocycles. The predicted octanol–water partition coefficient (Wildman–Crippen LogP) is 16.0. The van der Waals surface area contributed by atoms with Crippen LogP contribution < -0.4 is 0 Å². The second-order valence-corrected chi connectivity index (χ2v) is 17.1. The minimum absolute atomic E-state index is 0.588. The molecule has 0 N–H and O–H groups in total. The van der Waals surface area contributed by atoms with Crippen molar-refractivity contribution in [1.82, 2.24) is 15.0 Å². The minimum Gasteiger partial charge on any atom is -0.456 e. The lowest BCUT2D eigenvalue weighted by molar-refractivity contribution is 0.668. The molecule has 5 nitrogen and oxygen atoms in total. The third kappa shape index (κ3) is 6.11. The normalized spacial score (nSPS) is 11.8. The molecule has 4 heterocycles. The molecule has 6 heteroatoms. The van der Waals surface area contributed by atoms with Gasteiger partial charge in [-0.15, -0.1) is 11.3 Å². The molecule has 0 bridgehead atoms. The Bertz CT molecular complexity index is 3790. The summed E-state index contributed by atoms with van der Waals surface area (Å²) >= 11 is 1.84. The van der Waals surface area contributed by atoms with Crippen LogP contribution in [0.5, 0.6) is 0 Å². The zero-order valence-electron chi connectivity index (χ0n) is 33.6. The Labute approximate surface area is 365 Å². The highest BCUT2D eigenvalue weighted by atomic mass is 32.1. The zero-order valence-corrected chi connectivity index (χ0v) is 34.4. The van der Waals surface area contributed by atoms with Gasteiger partial charge in [0, 0.05) is 58.4 Å². The van der Waals surface area contributed by atoms with Gasteiger partial charge < -0.3 is 8.83 Å². The first-order chi connectivity index (χ1) is 31.1. The molecule has 294 valence electrons. The maximum atomic E-state index is 6.23. The van der Waals surface area contributed by atoms with Gasteiger partial charge in [0.2, 0.25) is 0 Å². The van der Waals surface area contributed by atoms with Crippen molar-refractivity contribution in [3.63, 3.8) is 0 Å². The molecule has 63 heavy (non-hydrogen) atoms. The number of thiophene rings is 1. The lowest BCUT2D eigenvalue weighted by Crippen LogP contribution is -2.00. The first-order valence-corrected chi connectivity index (χ1v) is 21.8. The number of aromatic nitrogens is 3. The van der Waals surface area contributed by atoms with Crippen molar-refractivity contribution in [2.45, 2.75) is 0 Å². The summed E-state index contributed by atoms with van der Waals surface area (Å²) in [4.78, 5) is 15.6. The van der Waals surface area contributed by atoms with Crippen LogP contribution in [-0.2, 0) is 0 Å². The van der Waals surface area contributed by atoms with Gasteiger partial charge in [0.25, 0.3) is 0 Å². The Balaban J connectivity index is 0.974. The highest BCUT2D eigenvalue weighted by molar-refractivity contribution is 7.25. The average molecular weight is 824 g/mol. The van der Waals surface area contributed by atoms with Crippen molar-refractivity contribution < 1.29 is 8.83 Å². The van der Waals surface area contributed by atoms with E-state index in [1.165, 1.54) is 25.7 Å². The summed E-state index contributed by atoms with van der Waals surface area (Å²) in [6.07, 6.45) is 0. The predicted molar refractivity (Wildman–Crippen MR) is 260 cm³/mol. The van der Waals surface area contributed by atoms with Crippen LogP contribution in [0.2, 0.25) is 0 Å². The van der Waals surface area contributed by atoms with Gasteiger partial charge in [-0.3, -0.25) is 0 Å².